The van der Waals surface area contributed by atoms with Crippen LogP contribution in [0.2, 0.25) is 0 Å². The van der Waals surface area contributed by atoms with Crippen molar-refractivity contribution in [2.45, 2.75) is 65.2 Å². The highest BCUT2D eigenvalue weighted by molar-refractivity contribution is 5.72. The molecule has 3 aromatic rings. The molecule has 0 saturated heterocycles. The Morgan fingerprint density at radius 1 is 1.30 bits per heavy atom. The molecule has 1 aliphatic rings. The largest absolute Gasteiger partial charge is 0.502 e. The Balaban J connectivity index is 1.63. The number of hydrogen-bond acceptors (Lipinski definition) is 7. The quantitative estimate of drug-likeness (QED) is 0.396. The number of amides is 1. The minimum atomic E-state index is -0.638. The number of fused-ring (bicyclic) bond motifs is 1. The second-order valence-corrected chi connectivity index (χ2v) is 10.2. The Hall–Kier alpha value is -3.90. The number of carbonyl (C=O) groups is 1. The van der Waals surface area contributed by atoms with Crippen LogP contribution in [0.5, 0.6) is 5.75 Å². The highest BCUT2D eigenvalue weighted by Gasteiger charge is 2.35. The first-order valence-electron chi connectivity index (χ1n) is 12.4. The van der Waals surface area contributed by atoms with E-state index in [9.17, 15) is 9.90 Å². The lowest BCUT2D eigenvalue weighted by molar-refractivity contribution is 0.0120. The molecular formula is C28H32N4O5. The van der Waals surface area contributed by atoms with Gasteiger partial charge in [-0.15, -0.1) is 0 Å². The number of aliphatic hydroxyl groups is 1. The topological polar surface area (TPSA) is 102 Å². The van der Waals surface area contributed by atoms with E-state index in [4.69, 9.17) is 20.6 Å². The van der Waals surface area contributed by atoms with E-state index in [-0.39, 0.29) is 25.3 Å². The maximum atomic E-state index is 12.9. The monoisotopic (exact) mass is 504 g/mol. The van der Waals surface area contributed by atoms with E-state index < -0.39 is 11.7 Å². The minimum absolute atomic E-state index is 0.0472. The van der Waals surface area contributed by atoms with Gasteiger partial charge in [-0.2, -0.15) is 4.98 Å². The number of hydrogen-bond donors (Lipinski definition) is 1. The van der Waals surface area contributed by atoms with Gasteiger partial charge in [0.1, 0.15) is 11.4 Å². The Morgan fingerprint density at radius 2 is 2.08 bits per heavy atom. The molecule has 9 nitrogen and oxygen atoms in total. The number of benzene rings is 2. The van der Waals surface area contributed by atoms with E-state index in [0.717, 1.165) is 16.7 Å². The van der Waals surface area contributed by atoms with Crippen molar-refractivity contribution in [3.05, 3.63) is 58.9 Å². The summed E-state index contributed by atoms with van der Waals surface area (Å²) >= 11 is 0. The normalized spacial score (nSPS) is 14.8. The predicted octanol–water partition coefficient (Wildman–Crippen LogP) is 5.96. The van der Waals surface area contributed by atoms with Crippen LogP contribution >= 0.6 is 0 Å². The zero-order valence-electron chi connectivity index (χ0n) is 21.8. The smallest absolute Gasteiger partial charge is 0.410 e. The summed E-state index contributed by atoms with van der Waals surface area (Å²) in [6, 6.07) is 10.8. The van der Waals surface area contributed by atoms with Crippen LogP contribution < -0.4 is 4.74 Å². The van der Waals surface area contributed by atoms with Gasteiger partial charge < -0.3 is 19.1 Å². The van der Waals surface area contributed by atoms with Gasteiger partial charge in [-0.1, -0.05) is 23.4 Å². The summed E-state index contributed by atoms with van der Waals surface area (Å²) in [5.41, 5.74) is 3.21. The zero-order chi connectivity index (χ0) is 26.7. The average Bonchev–Trinajstić information content (AvgIpc) is 3.49. The van der Waals surface area contributed by atoms with E-state index in [0.29, 0.717) is 41.6 Å². The number of carbonyl (C=O) groups excluding carboxylic acids is 1. The fourth-order valence-corrected chi connectivity index (χ4v) is 4.51. The highest BCUT2D eigenvalue weighted by atomic mass is 16.6. The van der Waals surface area contributed by atoms with Gasteiger partial charge in [0.25, 0.3) is 5.89 Å². The number of rotatable bonds is 7. The van der Waals surface area contributed by atoms with Gasteiger partial charge in [0.15, 0.2) is 0 Å². The van der Waals surface area contributed by atoms with Crippen molar-refractivity contribution in [3.63, 3.8) is 0 Å². The summed E-state index contributed by atoms with van der Waals surface area (Å²) in [6.45, 7) is 16.8. The van der Waals surface area contributed by atoms with Crippen LogP contribution in [0.25, 0.3) is 27.7 Å². The predicted molar refractivity (Wildman–Crippen MR) is 138 cm³/mol. The first-order valence-corrected chi connectivity index (χ1v) is 12.4. The van der Waals surface area contributed by atoms with Crippen molar-refractivity contribution in [3.8, 4) is 28.6 Å². The van der Waals surface area contributed by atoms with E-state index in [2.05, 4.69) is 15.0 Å². The Morgan fingerprint density at radius 3 is 2.76 bits per heavy atom. The molecule has 37 heavy (non-hydrogen) atoms. The summed E-state index contributed by atoms with van der Waals surface area (Å²) in [4.78, 5) is 22.7. The first kappa shape index (κ1) is 26.2. The molecule has 2 aromatic carbocycles. The van der Waals surface area contributed by atoms with Gasteiger partial charge in [-0.25, -0.2) is 9.64 Å². The van der Waals surface area contributed by atoms with Crippen molar-refractivity contribution in [2.24, 2.45) is 0 Å². The lowest BCUT2D eigenvalue weighted by atomic mass is 10.0. The standard InChI is InChI=1S/C28H32N4O5/c1-17(2)35-24-13-10-18(16-22(24)29-6)26-30-25(31-37-26)21-9-7-8-20-19(21)11-12-23(20)32(14-15-33)27(34)36-28(3,4)5/h7-10,13,16-17,23,33H,11-12,14-15H2,1-5H3/t23-/m0/s1. The number of ether oxygens (including phenoxy) is 2. The van der Waals surface area contributed by atoms with E-state index >= 15 is 0 Å². The van der Waals surface area contributed by atoms with Crippen molar-refractivity contribution in [2.75, 3.05) is 13.2 Å². The highest BCUT2D eigenvalue weighted by Crippen LogP contribution is 2.41. The first-order chi connectivity index (χ1) is 17.6. The van der Waals surface area contributed by atoms with Crippen molar-refractivity contribution in [1.29, 1.82) is 0 Å². The molecule has 0 radical (unpaired) electrons. The molecule has 1 atom stereocenters. The summed E-state index contributed by atoms with van der Waals surface area (Å²) in [5.74, 6) is 1.25. The molecule has 1 amide bonds. The van der Waals surface area contributed by atoms with Crippen molar-refractivity contribution < 1.29 is 23.9 Å². The molecule has 0 fully saturated rings. The van der Waals surface area contributed by atoms with Crippen LogP contribution in [0.1, 0.15) is 58.2 Å². The second kappa shape index (κ2) is 10.6. The molecule has 0 unspecified atom stereocenters. The van der Waals surface area contributed by atoms with Gasteiger partial charge in [0.2, 0.25) is 11.5 Å². The van der Waals surface area contributed by atoms with Gasteiger partial charge >= 0.3 is 6.09 Å². The molecule has 1 N–H and O–H groups in total. The van der Waals surface area contributed by atoms with E-state index in [1.54, 1.807) is 23.1 Å². The van der Waals surface area contributed by atoms with Crippen LogP contribution in [0.15, 0.2) is 40.9 Å². The van der Waals surface area contributed by atoms with Gasteiger partial charge in [0.05, 0.1) is 25.3 Å². The fraction of sp³-hybridized carbons (Fsp3) is 0.429. The molecule has 0 spiro atoms. The summed E-state index contributed by atoms with van der Waals surface area (Å²) in [6.07, 6.45) is 0.914. The van der Waals surface area contributed by atoms with Crippen molar-refractivity contribution in [1.82, 2.24) is 15.0 Å². The lowest BCUT2D eigenvalue weighted by Crippen LogP contribution is -2.40. The molecular weight excluding hydrogens is 472 g/mol. The molecule has 4 rings (SSSR count). The third-order valence-electron chi connectivity index (χ3n) is 5.94. The van der Waals surface area contributed by atoms with Crippen LogP contribution in [0, 0.1) is 6.57 Å². The zero-order valence-corrected chi connectivity index (χ0v) is 21.8. The molecule has 0 bridgehead atoms. The lowest BCUT2D eigenvalue weighted by Gasteiger charge is -2.31. The maximum Gasteiger partial charge on any atom is 0.410 e. The molecule has 0 aliphatic heterocycles. The third-order valence-corrected chi connectivity index (χ3v) is 5.94. The third kappa shape index (κ3) is 5.75. The van der Waals surface area contributed by atoms with Crippen LogP contribution in [0.4, 0.5) is 10.5 Å². The van der Waals surface area contributed by atoms with Gasteiger partial charge in [-0.3, -0.25) is 4.90 Å². The molecule has 1 aromatic heterocycles. The van der Waals surface area contributed by atoms with E-state index in [1.807, 2.05) is 52.8 Å². The summed E-state index contributed by atoms with van der Waals surface area (Å²) in [7, 11) is 0. The van der Waals surface area contributed by atoms with E-state index in [1.165, 1.54) is 0 Å². The van der Waals surface area contributed by atoms with Crippen molar-refractivity contribution >= 4 is 11.8 Å². The van der Waals surface area contributed by atoms with Crippen LogP contribution in [-0.2, 0) is 11.2 Å². The molecule has 9 heteroatoms. The minimum Gasteiger partial charge on any atom is -0.502 e. The van der Waals surface area contributed by atoms with Crippen LogP contribution in [0.3, 0.4) is 0 Å². The Kier molecular flexibility index (Phi) is 7.50. The molecule has 0 saturated carbocycles. The number of nitrogens with zero attached hydrogens (tertiary/aromatic N) is 4. The number of aromatic nitrogens is 2. The fourth-order valence-electron chi connectivity index (χ4n) is 4.51. The average molecular weight is 505 g/mol. The molecule has 1 heterocycles. The van der Waals surface area contributed by atoms with Gasteiger partial charge in [0, 0.05) is 17.7 Å². The maximum absolute atomic E-state index is 12.9. The summed E-state index contributed by atoms with van der Waals surface area (Å²) in [5, 5.41) is 13.8. The van der Waals surface area contributed by atoms with Crippen LogP contribution in [-0.4, -0.2) is 51.1 Å². The number of aliphatic hydroxyl groups excluding tert-OH is 1. The second-order valence-electron chi connectivity index (χ2n) is 10.2. The molecule has 1 aliphatic carbocycles. The Bertz CT molecular complexity index is 1320. The molecule has 194 valence electrons. The Labute approximate surface area is 216 Å². The van der Waals surface area contributed by atoms with Gasteiger partial charge in [-0.05, 0) is 76.8 Å². The summed E-state index contributed by atoms with van der Waals surface area (Å²) < 4.78 is 16.9. The SMILES string of the molecule is [C-]#[N+]c1cc(-c2nc(-c3cccc4c3CC[C@@H]4N(CCO)C(=O)OC(C)(C)C)no2)ccc1OC(C)C.